The van der Waals surface area contributed by atoms with Crippen LogP contribution in [-0.2, 0) is 9.59 Å². The smallest absolute Gasteiger partial charge is 0.231 e. The average molecular weight is 135 g/mol. The van der Waals surface area contributed by atoms with Gasteiger partial charge in [-0.2, -0.15) is 0 Å². The molecule has 0 aromatic carbocycles. The maximum Gasteiger partial charge on any atom is 0.231 e. The minimum atomic E-state index is -0.642. The standard InChI is InChI=1S/C5H7ClO2/c1-3(4(2)7)5(6)8/h3H,1-2H3/t3-/m1/s1. The highest BCUT2D eigenvalue weighted by molar-refractivity contribution is 6.65. The molecule has 0 heterocycles. The molecule has 0 aromatic heterocycles. The van der Waals surface area contributed by atoms with E-state index < -0.39 is 11.2 Å². The highest BCUT2D eigenvalue weighted by Crippen LogP contribution is 2.00. The number of ketones is 1. The monoisotopic (exact) mass is 134 g/mol. The minimum absolute atomic E-state index is 0.190. The van der Waals surface area contributed by atoms with Crippen molar-refractivity contribution in [3.05, 3.63) is 0 Å². The number of hydrogen-bond acceptors (Lipinski definition) is 2. The normalized spacial score (nSPS) is 12.9. The van der Waals surface area contributed by atoms with Crippen molar-refractivity contribution in [1.82, 2.24) is 0 Å². The Kier molecular flexibility index (Phi) is 2.69. The van der Waals surface area contributed by atoms with E-state index in [0.717, 1.165) is 0 Å². The Morgan fingerprint density at radius 1 is 1.50 bits per heavy atom. The Bertz CT molecular complexity index is 106. The molecule has 0 saturated heterocycles. The molecule has 0 aliphatic rings. The lowest BCUT2D eigenvalue weighted by Crippen LogP contribution is -2.12. The number of carbonyl (C=O) groups excluding carboxylic acids is 2. The Morgan fingerprint density at radius 2 is 1.88 bits per heavy atom. The van der Waals surface area contributed by atoms with Crippen LogP contribution < -0.4 is 0 Å². The lowest BCUT2D eigenvalue weighted by atomic mass is 10.1. The first-order chi connectivity index (χ1) is 3.55. The van der Waals surface area contributed by atoms with E-state index in [4.69, 9.17) is 11.6 Å². The molecule has 0 amide bonds. The second-order valence-electron chi connectivity index (χ2n) is 1.64. The summed E-state index contributed by atoms with van der Waals surface area (Å²) in [4.78, 5) is 20.4. The van der Waals surface area contributed by atoms with Gasteiger partial charge < -0.3 is 0 Å². The molecule has 0 N–H and O–H groups in total. The van der Waals surface area contributed by atoms with Crippen molar-refractivity contribution in [2.45, 2.75) is 13.8 Å². The summed E-state index contributed by atoms with van der Waals surface area (Å²) < 4.78 is 0. The summed E-state index contributed by atoms with van der Waals surface area (Å²) in [5.74, 6) is -0.832. The zero-order valence-corrected chi connectivity index (χ0v) is 5.53. The molecule has 0 unspecified atom stereocenters. The van der Waals surface area contributed by atoms with E-state index in [1.165, 1.54) is 13.8 Å². The fourth-order valence-corrected chi connectivity index (χ4v) is 0.313. The summed E-state index contributed by atoms with van der Waals surface area (Å²) in [6.45, 7) is 2.82. The van der Waals surface area contributed by atoms with Gasteiger partial charge in [-0.05, 0) is 25.4 Å². The number of rotatable bonds is 2. The highest BCUT2D eigenvalue weighted by Gasteiger charge is 2.13. The van der Waals surface area contributed by atoms with Crippen LogP contribution in [0.4, 0.5) is 0 Å². The zero-order chi connectivity index (χ0) is 6.73. The van der Waals surface area contributed by atoms with E-state index in [0.29, 0.717) is 0 Å². The van der Waals surface area contributed by atoms with Gasteiger partial charge in [0.25, 0.3) is 0 Å². The molecule has 46 valence electrons. The van der Waals surface area contributed by atoms with E-state index in [1.54, 1.807) is 0 Å². The molecule has 0 radical (unpaired) electrons. The van der Waals surface area contributed by atoms with Crippen LogP contribution in [0, 0.1) is 5.92 Å². The van der Waals surface area contributed by atoms with Gasteiger partial charge in [-0.1, -0.05) is 0 Å². The number of Topliss-reactive ketones (excluding diaryl/α,β-unsaturated/α-hetero) is 1. The quantitative estimate of drug-likeness (QED) is 0.417. The number of halogens is 1. The molecule has 0 spiro atoms. The Balaban J connectivity index is 3.83. The molecule has 0 rings (SSSR count). The first-order valence-corrected chi connectivity index (χ1v) is 2.63. The van der Waals surface area contributed by atoms with Crippen LogP contribution in [0.5, 0.6) is 0 Å². The van der Waals surface area contributed by atoms with E-state index in [1.807, 2.05) is 0 Å². The van der Waals surface area contributed by atoms with Crippen molar-refractivity contribution in [3.8, 4) is 0 Å². The molecule has 8 heavy (non-hydrogen) atoms. The van der Waals surface area contributed by atoms with Gasteiger partial charge in [-0.25, -0.2) is 0 Å². The lowest BCUT2D eigenvalue weighted by Gasteiger charge is -1.95. The second kappa shape index (κ2) is 2.82. The summed E-state index contributed by atoms with van der Waals surface area (Å²) in [5, 5.41) is -0.586. The SMILES string of the molecule is CC(=O)[C@@H](C)C(=O)Cl. The average Bonchev–Trinajstić information content (AvgIpc) is 1.64. The van der Waals surface area contributed by atoms with Gasteiger partial charge in [0.2, 0.25) is 5.24 Å². The molecule has 0 aliphatic heterocycles. The van der Waals surface area contributed by atoms with Crippen molar-refractivity contribution in [3.63, 3.8) is 0 Å². The van der Waals surface area contributed by atoms with E-state index >= 15 is 0 Å². The van der Waals surface area contributed by atoms with E-state index in [2.05, 4.69) is 0 Å². The first kappa shape index (κ1) is 7.63. The van der Waals surface area contributed by atoms with Gasteiger partial charge in [0.1, 0.15) is 5.78 Å². The molecule has 0 fully saturated rings. The van der Waals surface area contributed by atoms with Crippen molar-refractivity contribution in [2.75, 3.05) is 0 Å². The Morgan fingerprint density at radius 3 is 1.88 bits per heavy atom. The van der Waals surface area contributed by atoms with Crippen molar-refractivity contribution in [2.24, 2.45) is 5.92 Å². The summed E-state index contributed by atoms with van der Waals surface area (Å²) in [6.07, 6.45) is 0. The maximum absolute atomic E-state index is 10.3. The van der Waals surface area contributed by atoms with Gasteiger partial charge in [-0.3, -0.25) is 9.59 Å². The van der Waals surface area contributed by atoms with Crippen LogP contribution in [0.2, 0.25) is 0 Å². The van der Waals surface area contributed by atoms with Crippen molar-refractivity contribution >= 4 is 22.6 Å². The third-order valence-corrected chi connectivity index (χ3v) is 1.28. The third-order valence-electron chi connectivity index (χ3n) is 0.950. The van der Waals surface area contributed by atoms with Crippen molar-refractivity contribution < 1.29 is 9.59 Å². The third kappa shape index (κ3) is 2.07. The Labute approximate surface area is 52.8 Å². The molecular formula is C5H7ClO2. The van der Waals surface area contributed by atoms with Gasteiger partial charge >= 0.3 is 0 Å². The van der Waals surface area contributed by atoms with Crippen LogP contribution in [0.15, 0.2) is 0 Å². The fraction of sp³-hybridized carbons (Fsp3) is 0.600. The minimum Gasteiger partial charge on any atom is -0.299 e. The largest absolute Gasteiger partial charge is 0.299 e. The van der Waals surface area contributed by atoms with Gasteiger partial charge in [0.05, 0.1) is 5.92 Å². The molecular weight excluding hydrogens is 128 g/mol. The van der Waals surface area contributed by atoms with Crippen molar-refractivity contribution in [1.29, 1.82) is 0 Å². The van der Waals surface area contributed by atoms with E-state index in [9.17, 15) is 9.59 Å². The molecule has 1 atom stereocenters. The molecule has 2 nitrogen and oxygen atoms in total. The highest BCUT2D eigenvalue weighted by atomic mass is 35.5. The van der Waals surface area contributed by atoms with Crippen LogP contribution in [0.1, 0.15) is 13.8 Å². The van der Waals surface area contributed by atoms with Crippen LogP contribution >= 0.6 is 11.6 Å². The molecule has 0 bridgehead atoms. The molecule has 0 aliphatic carbocycles. The predicted molar refractivity (Wildman–Crippen MR) is 30.7 cm³/mol. The predicted octanol–water partition coefficient (Wildman–Crippen LogP) is 0.977. The lowest BCUT2D eigenvalue weighted by molar-refractivity contribution is -0.126. The summed E-state index contributed by atoms with van der Waals surface area (Å²) in [5.41, 5.74) is 0. The molecule has 3 heteroatoms. The number of hydrogen-bond donors (Lipinski definition) is 0. The maximum atomic E-state index is 10.3. The van der Waals surface area contributed by atoms with Gasteiger partial charge in [0, 0.05) is 0 Å². The van der Waals surface area contributed by atoms with E-state index in [-0.39, 0.29) is 5.78 Å². The summed E-state index contributed by atoms with van der Waals surface area (Å²) in [6, 6.07) is 0. The summed E-state index contributed by atoms with van der Waals surface area (Å²) >= 11 is 4.96. The first-order valence-electron chi connectivity index (χ1n) is 2.25. The zero-order valence-electron chi connectivity index (χ0n) is 4.77. The van der Waals surface area contributed by atoms with Gasteiger partial charge in [0.15, 0.2) is 0 Å². The fourth-order valence-electron chi connectivity index (χ4n) is 0.160. The topological polar surface area (TPSA) is 34.1 Å². The second-order valence-corrected chi connectivity index (χ2v) is 2.01. The summed E-state index contributed by atoms with van der Waals surface area (Å²) in [7, 11) is 0. The number of carbonyl (C=O) groups is 2. The molecule has 0 aromatic rings. The van der Waals surface area contributed by atoms with Gasteiger partial charge in [-0.15, -0.1) is 0 Å². The van der Waals surface area contributed by atoms with Crippen LogP contribution in [0.3, 0.4) is 0 Å². The Hall–Kier alpha value is -0.370. The molecule has 0 saturated carbocycles. The van der Waals surface area contributed by atoms with Crippen LogP contribution in [0.25, 0.3) is 0 Å². The van der Waals surface area contributed by atoms with Crippen LogP contribution in [-0.4, -0.2) is 11.0 Å².